The summed E-state index contributed by atoms with van der Waals surface area (Å²) in [5, 5.41) is 6.61. The highest BCUT2D eigenvalue weighted by atomic mass is 16.5. The van der Waals surface area contributed by atoms with Gasteiger partial charge in [0.15, 0.2) is 5.96 Å². The van der Waals surface area contributed by atoms with Crippen LogP contribution in [0.1, 0.15) is 32.4 Å². The van der Waals surface area contributed by atoms with Crippen LogP contribution in [0.2, 0.25) is 0 Å². The van der Waals surface area contributed by atoms with Gasteiger partial charge in [-0.25, -0.2) is 4.98 Å². The number of rotatable bonds is 7. The van der Waals surface area contributed by atoms with Gasteiger partial charge in [0.05, 0.1) is 19.3 Å². The maximum absolute atomic E-state index is 5.11. The van der Waals surface area contributed by atoms with E-state index in [1.807, 2.05) is 18.2 Å². The summed E-state index contributed by atoms with van der Waals surface area (Å²) in [5.41, 5.74) is 0.926. The first-order valence-corrected chi connectivity index (χ1v) is 7.17. The molecule has 0 aliphatic rings. The van der Waals surface area contributed by atoms with Crippen LogP contribution < -0.4 is 15.4 Å². The standard InChI is InChI=1S/C15H26N4O/c1-5-12(6-2)10-17-15(16-3)18-11-13-8-7-9-14(19-13)20-4/h7-9,12H,5-6,10-11H2,1-4H3,(H2,16,17,18). The normalized spacial score (nSPS) is 11.6. The highest BCUT2D eigenvalue weighted by Gasteiger charge is 2.05. The molecule has 5 heteroatoms. The highest BCUT2D eigenvalue weighted by Crippen LogP contribution is 2.06. The average molecular weight is 278 g/mol. The lowest BCUT2D eigenvalue weighted by Crippen LogP contribution is -2.39. The smallest absolute Gasteiger partial charge is 0.213 e. The second-order valence-corrected chi connectivity index (χ2v) is 4.66. The van der Waals surface area contributed by atoms with E-state index in [-0.39, 0.29) is 0 Å². The number of pyridine rings is 1. The lowest BCUT2D eigenvalue weighted by atomic mass is 10.0. The molecule has 0 bridgehead atoms. The van der Waals surface area contributed by atoms with E-state index in [4.69, 9.17) is 4.74 Å². The number of nitrogens with one attached hydrogen (secondary N) is 2. The van der Waals surface area contributed by atoms with Crippen molar-refractivity contribution in [2.45, 2.75) is 33.2 Å². The zero-order chi connectivity index (χ0) is 14.8. The van der Waals surface area contributed by atoms with E-state index < -0.39 is 0 Å². The van der Waals surface area contributed by atoms with E-state index >= 15 is 0 Å². The Morgan fingerprint density at radius 2 is 2.05 bits per heavy atom. The van der Waals surface area contributed by atoms with Gasteiger partial charge in [-0.05, 0) is 12.0 Å². The van der Waals surface area contributed by atoms with Crippen LogP contribution in [0.15, 0.2) is 23.2 Å². The fourth-order valence-corrected chi connectivity index (χ4v) is 1.88. The van der Waals surface area contributed by atoms with Gasteiger partial charge < -0.3 is 15.4 Å². The molecule has 0 fully saturated rings. The van der Waals surface area contributed by atoms with Crippen molar-refractivity contribution >= 4 is 5.96 Å². The molecule has 0 spiro atoms. The predicted molar refractivity (Wildman–Crippen MR) is 83.1 cm³/mol. The summed E-state index contributed by atoms with van der Waals surface area (Å²) in [6, 6.07) is 5.73. The van der Waals surface area contributed by atoms with Gasteiger partial charge in [0.2, 0.25) is 5.88 Å². The van der Waals surface area contributed by atoms with Crippen LogP contribution in [-0.4, -0.2) is 31.6 Å². The van der Waals surface area contributed by atoms with Gasteiger partial charge in [-0.15, -0.1) is 0 Å². The van der Waals surface area contributed by atoms with E-state index in [0.717, 1.165) is 18.2 Å². The minimum Gasteiger partial charge on any atom is -0.481 e. The number of guanidine groups is 1. The summed E-state index contributed by atoms with van der Waals surface area (Å²) in [4.78, 5) is 8.58. The molecule has 0 aliphatic carbocycles. The van der Waals surface area contributed by atoms with Crippen LogP contribution in [0.25, 0.3) is 0 Å². The third-order valence-corrected chi connectivity index (χ3v) is 3.36. The van der Waals surface area contributed by atoms with Crippen molar-refractivity contribution in [1.82, 2.24) is 15.6 Å². The topological polar surface area (TPSA) is 58.5 Å². The summed E-state index contributed by atoms with van der Waals surface area (Å²) in [6.45, 7) is 6.00. The Hall–Kier alpha value is -1.78. The average Bonchev–Trinajstić information content (AvgIpc) is 2.51. The van der Waals surface area contributed by atoms with Crippen molar-refractivity contribution in [2.75, 3.05) is 20.7 Å². The number of nitrogens with zero attached hydrogens (tertiary/aromatic N) is 2. The molecule has 2 N–H and O–H groups in total. The van der Waals surface area contributed by atoms with Crippen molar-refractivity contribution in [3.05, 3.63) is 23.9 Å². The first-order chi connectivity index (χ1) is 9.73. The minimum absolute atomic E-state index is 0.625. The Balaban J connectivity index is 2.45. The summed E-state index contributed by atoms with van der Waals surface area (Å²) in [6.07, 6.45) is 2.36. The molecule has 0 saturated carbocycles. The Labute approximate surface area is 121 Å². The van der Waals surface area contributed by atoms with Crippen LogP contribution in [0.4, 0.5) is 0 Å². The summed E-state index contributed by atoms with van der Waals surface area (Å²) in [7, 11) is 3.40. The van der Waals surface area contributed by atoms with Crippen molar-refractivity contribution in [3.8, 4) is 5.88 Å². The van der Waals surface area contributed by atoms with Crippen molar-refractivity contribution in [2.24, 2.45) is 10.9 Å². The molecule has 0 aliphatic heterocycles. The van der Waals surface area contributed by atoms with Crippen molar-refractivity contribution in [3.63, 3.8) is 0 Å². The molecule has 1 aromatic heterocycles. The molecule has 0 unspecified atom stereocenters. The SMILES string of the molecule is CCC(CC)CNC(=NC)NCc1cccc(OC)n1. The van der Waals surface area contributed by atoms with Crippen LogP contribution in [0, 0.1) is 5.92 Å². The van der Waals surface area contributed by atoms with Gasteiger partial charge in [-0.1, -0.05) is 32.8 Å². The Morgan fingerprint density at radius 3 is 2.65 bits per heavy atom. The Bertz CT molecular complexity index is 416. The Morgan fingerprint density at radius 1 is 1.30 bits per heavy atom. The molecule has 0 amide bonds. The first kappa shape index (κ1) is 16.3. The lowest BCUT2D eigenvalue weighted by molar-refractivity contribution is 0.396. The zero-order valence-corrected chi connectivity index (χ0v) is 12.9. The fraction of sp³-hybridized carbons (Fsp3) is 0.600. The van der Waals surface area contributed by atoms with Gasteiger partial charge >= 0.3 is 0 Å². The lowest BCUT2D eigenvalue weighted by Gasteiger charge is -2.16. The molecule has 0 radical (unpaired) electrons. The van der Waals surface area contributed by atoms with Crippen molar-refractivity contribution in [1.29, 1.82) is 0 Å². The molecule has 0 saturated heterocycles. The summed E-state index contributed by atoms with van der Waals surface area (Å²) >= 11 is 0. The fourth-order valence-electron chi connectivity index (χ4n) is 1.88. The second-order valence-electron chi connectivity index (χ2n) is 4.66. The molecular formula is C15H26N4O. The van der Waals surface area contributed by atoms with Crippen LogP contribution >= 0.6 is 0 Å². The molecule has 1 rings (SSSR count). The third kappa shape index (κ3) is 5.47. The van der Waals surface area contributed by atoms with E-state index in [0.29, 0.717) is 18.3 Å². The van der Waals surface area contributed by atoms with E-state index in [1.165, 1.54) is 12.8 Å². The molecule has 5 nitrogen and oxygen atoms in total. The van der Waals surface area contributed by atoms with Crippen LogP contribution in [0.5, 0.6) is 5.88 Å². The van der Waals surface area contributed by atoms with Gasteiger partial charge in [-0.3, -0.25) is 4.99 Å². The molecule has 1 aromatic rings. The van der Waals surface area contributed by atoms with Gasteiger partial charge in [0.25, 0.3) is 0 Å². The molecule has 0 aromatic carbocycles. The van der Waals surface area contributed by atoms with E-state index in [9.17, 15) is 0 Å². The van der Waals surface area contributed by atoms with Gasteiger partial charge in [0.1, 0.15) is 0 Å². The summed E-state index contributed by atoms with van der Waals surface area (Å²) in [5.74, 6) is 2.12. The zero-order valence-electron chi connectivity index (χ0n) is 12.9. The number of hydrogen-bond acceptors (Lipinski definition) is 3. The number of ether oxygens (including phenoxy) is 1. The van der Waals surface area contributed by atoms with E-state index in [2.05, 4.69) is 34.5 Å². The number of methoxy groups -OCH3 is 1. The van der Waals surface area contributed by atoms with Crippen LogP contribution in [0.3, 0.4) is 0 Å². The Kier molecular flexibility index (Phi) is 7.47. The van der Waals surface area contributed by atoms with Gasteiger partial charge in [0, 0.05) is 19.7 Å². The maximum atomic E-state index is 5.11. The first-order valence-electron chi connectivity index (χ1n) is 7.17. The predicted octanol–water partition coefficient (Wildman–Crippen LogP) is 2.19. The monoisotopic (exact) mass is 278 g/mol. The largest absolute Gasteiger partial charge is 0.481 e. The molecule has 112 valence electrons. The molecule has 20 heavy (non-hydrogen) atoms. The van der Waals surface area contributed by atoms with E-state index in [1.54, 1.807) is 14.2 Å². The van der Waals surface area contributed by atoms with Crippen LogP contribution in [-0.2, 0) is 6.54 Å². The highest BCUT2D eigenvalue weighted by molar-refractivity contribution is 5.79. The second kappa shape index (κ2) is 9.18. The third-order valence-electron chi connectivity index (χ3n) is 3.36. The minimum atomic E-state index is 0.625. The molecule has 0 atom stereocenters. The summed E-state index contributed by atoms with van der Waals surface area (Å²) < 4.78 is 5.11. The van der Waals surface area contributed by atoms with Crippen molar-refractivity contribution < 1.29 is 4.74 Å². The van der Waals surface area contributed by atoms with Gasteiger partial charge in [-0.2, -0.15) is 0 Å². The quantitative estimate of drug-likeness (QED) is 0.593. The molecule has 1 heterocycles. The number of aromatic nitrogens is 1. The number of hydrogen-bond donors (Lipinski definition) is 2. The number of aliphatic imine (C=N–C) groups is 1. The molecular weight excluding hydrogens is 252 g/mol. The maximum Gasteiger partial charge on any atom is 0.213 e.